The molecule has 0 unspecified atom stereocenters. The second kappa shape index (κ2) is 7.68. The van der Waals surface area contributed by atoms with Gasteiger partial charge in [-0.2, -0.15) is 8.42 Å². The van der Waals surface area contributed by atoms with Crippen molar-refractivity contribution in [2.75, 3.05) is 20.3 Å². The number of methoxy groups -OCH3 is 1. The number of rotatable bonds is 7. The Labute approximate surface area is 143 Å². The molecule has 0 bridgehead atoms. The molecule has 2 aromatic rings. The van der Waals surface area contributed by atoms with Crippen molar-refractivity contribution in [2.45, 2.75) is 25.7 Å². The number of aryl methyl sites for hydroxylation is 3. The van der Waals surface area contributed by atoms with Gasteiger partial charge in [0, 0.05) is 7.11 Å². The van der Waals surface area contributed by atoms with Crippen LogP contribution in [0.5, 0.6) is 11.5 Å². The highest BCUT2D eigenvalue weighted by Gasteiger charge is 2.19. The highest BCUT2D eigenvalue weighted by atomic mass is 32.2. The summed E-state index contributed by atoms with van der Waals surface area (Å²) in [4.78, 5) is 0.0972. The van der Waals surface area contributed by atoms with Gasteiger partial charge in [-0.15, -0.1) is 0 Å². The predicted molar refractivity (Wildman–Crippen MR) is 92.3 cm³/mol. The highest BCUT2D eigenvalue weighted by molar-refractivity contribution is 7.87. The van der Waals surface area contributed by atoms with E-state index in [1.54, 1.807) is 32.2 Å². The van der Waals surface area contributed by atoms with Gasteiger partial charge in [0.2, 0.25) is 0 Å². The SMILES string of the molecule is COCCOc1ccc(S(=O)(=O)Oc2cc(C)ccc2C)cc1C. The third-order valence-corrected chi connectivity index (χ3v) is 4.75. The molecule has 0 saturated carbocycles. The third-order valence-electron chi connectivity index (χ3n) is 3.52. The van der Waals surface area contributed by atoms with Gasteiger partial charge >= 0.3 is 10.1 Å². The molecule has 0 amide bonds. The van der Waals surface area contributed by atoms with Crippen molar-refractivity contribution in [1.82, 2.24) is 0 Å². The van der Waals surface area contributed by atoms with Crippen LogP contribution in [0.3, 0.4) is 0 Å². The summed E-state index contributed by atoms with van der Waals surface area (Å²) in [5.41, 5.74) is 2.42. The summed E-state index contributed by atoms with van der Waals surface area (Å²) in [6.07, 6.45) is 0. The van der Waals surface area contributed by atoms with Crippen molar-refractivity contribution in [3.63, 3.8) is 0 Å². The Morgan fingerprint density at radius 3 is 2.29 bits per heavy atom. The third kappa shape index (κ3) is 4.49. The number of hydrogen-bond donors (Lipinski definition) is 0. The Hall–Kier alpha value is -2.05. The number of ether oxygens (including phenoxy) is 2. The lowest BCUT2D eigenvalue weighted by Gasteiger charge is -2.12. The van der Waals surface area contributed by atoms with Crippen molar-refractivity contribution in [1.29, 1.82) is 0 Å². The zero-order valence-electron chi connectivity index (χ0n) is 14.3. The van der Waals surface area contributed by atoms with E-state index in [1.807, 2.05) is 26.0 Å². The first-order valence-corrected chi connectivity index (χ1v) is 8.98. The van der Waals surface area contributed by atoms with Crippen LogP contribution in [-0.2, 0) is 14.9 Å². The molecule has 2 rings (SSSR count). The molecular weight excluding hydrogens is 328 g/mol. The van der Waals surface area contributed by atoms with E-state index in [9.17, 15) is 8.42 Å². The second-order valence-electron chi connectivity index (χ2n) is 5.57. The maximum atomic E-state index is 12.5. The van der Waals surface area contributed by atoms with Crippen molar-refractivity contribution < 1.29 is 22.1 Å². The average molecular weight is 350 g/mol. The van der Waals surface area contributed by atoms with Gasteiger partial charge in [-0.25, -0.2) is 0 Å². The molecule has 2 aromatic carbocycles. The number of hydrogen-bond acceptors (Lipinski definition) is 5. The first kappa shape index (κ1) is 18.3. The molecule has 0 atom stereocenters. The topological polar surface area (TPSA) is 61.8 Å². The molecule has 0 N–H and O–H groups in total. The van der Waals surface area contributed by atoms with E-state index < -0.39 is 10.1 Å². The molecule has 0 saturated heterocycles. The summed E-state index contributed by atoms with van der Waals surface area (Å²) in [6, 6.07) is 10.1. The monoisotopic (exact) mass is 350 g/mol. The standard InChI is InChI=1S/C18H22O5S/c1-13-5-6-14(2)18(11-13)23-24(19,20)16-7-8-17(15(3)12-16)22-10-9-21-4/h5-8,11-12H,9-10H2,1-4H3. The van der Waals surface area contributed by atoms with Crippen LogP contribution >= 0.6 is 0 Å². The summed E-state index contributed by atoms with van der Waals surface area (Å²) >= 11 is 0. The van der Waals surface area contributed by atoms with Gasteiger partial charge in [0.1, 0.15) is 23.0 Å². The molecule has 0 aromatic heterocycles. The lowest BCUT2D eigenvalue weighted by Crippen LogP contribution is -2.11. The highest BCUT2D eigenvalue weighted by Crippen LogP contribution is 2.26. The second-order valence-corrected chi connectivity index (χ2v) is 7.12. The van der Waals surface area contributed by atoms with Gasteiger partial charge in [-0.05, 0) is 61.7 Å². The predicted octanol–water partition coefficient (Wildman–Crippen LogP) is 3.40. The summed E-state index contributed by atoms with van der Waals surface area (Å²) < 4.78 is 40.8. The Balaban J connectivity index is 2.23. The molecule has 0 fully saturated rings. The van der Waals surface area contributed by atoms with E-state index in [-0.39, 0.29) is 4.90 Å². The molecule has 0 spiro atoms. The molecule has 0 aliphatic carbocycles. The van der Waals surface area contributed by atoms with Gasteiger partial charge in [-0.1, -0.05) is 12.1 Å². The van der Waals surface area contributed by atoms with Crippen molar-refractivity contribution in [2.24, 2.45) is 0 Å². The molecule has 6 heteroatoms. The van der Waals surface area contributed by atoms with Gasteiger partial charge < -0.3 is 13.7 Å². The average Bonchev–Trinajstić information content (AvgIpc) is 2.52. The lowest BCUT2D eigenvalue weighted by atomic mass is 10.1. The van der Waals surface area contributed by atoms with Crippen LogP contribution in [0.4, 0.5) is 0 Å². The van der Waals surface area contributed by atoms with Gasteiger partial charge in [0.15, 0.2) is 0 Å². The van der Waals surface area contributed by atoms with Crippen molar-refractivity contribution in [3.05, 3.63) is 53.1 Å². The lowest BCUT2D eigenvalue weighted by molar-refractivity contribution is 0.146. The van der Waals surface area contributed by atoms with E-state index in [4.69, 9.17) is 13.7 Å². The van der Waals surface area contributed by atoms with Crippen LogP contribution in [0.2, 0.25) is 0 Å². The molecule has 130 valence electrons. The van der Waals surface area contributed by atoms with E-state index >= 15 is 0 Å². The van der Waals surface area contributed by atoms with Crippen LogP contribution in [0, 0.1) is 20.8 Å². The van der Waals surface area contributed by atoms with Gasteiger partial charge in [0.05, 0.1) is 6.61 Å². The minimum Gasteiger partial charge on any atom is -0.491 e. The smallest absolute Gasteiger partial charge is 0.339 e. The first-order chi connectivity index (χ1) is 11.3. The summed E-state index contributed by atoms with van der Waals surface area (Å²) in [5, 5.41) is 0. The normalized spacial score (nSPS) is 11.3. The van der Waals surface area contributed by atoms with Crippen molar-refractivity contribution in [3.8, 4) is 11.5 Å². The quantitative estimate of drug-likeness (QED) is 0.566. The minimum atomic E-state index is -3.90. The first-order valence-electron chi connectivity index (χ1n) is 7.57. The Kier molecular flexibility index (Phi) is 5.85. The van der Waals surface area contributed by atoms with E-state index in [0.29, 0.717) is 24.7 Å². The Morgan fingerprint density at radius 1 is 0.875 bits per heavy atom. The fraction of sp³-hybridized carbons (Fsp3) is 0.333. The van der Waals surface area contributed by atoms with Crippen LogP contribution < -0.4 is 8.92 Å². The Morgan fingerprint density at radius 2 is 1.62 bits per heavy atom. The molecule has 0 aliphatic rings. The van der Waals surface area contributed by atoms with Crippen LogP contribution in [-0.4, -0.2) is 28.7 Å². The molecule has 0 aliphatic heterocycles. The van der Waals surface area contributed by atoms with Crippen LogP contribution in [0.25, 0.3) is 0 Å². The largest absolute Gasteiger partial charge is 0.491 e. The zero-order valence-corrected chi connectivity index (χ0v) is 15.1. The summed E-state index contributed by atoms with van der Waals surface area (Å²) in [6.45, 7) is 6.36. The fourth-order valence-corrected chi connectivity index (χ4v) is 3.21. The maximum Gasteiger partial charge on any atom is 0.339 e. The van der Waals surface area contributed by atoms with Gasteiger partial charge in [0.25, 0.3) is 0 Å². The zero-order chi connectivity index (χ0) is 17.7. The van der Waals surface area contributed by atoms with Crippen LogP contribution in [0.1, 0.15) is 16.7 Å². The summed E-state index contributed by atoms with van der Waals surface area (Å²) in [7, 11) is -2.30. The van der Waals surface area contributed by atoms with E-state index in [0.717, 1.165) is 16.7 Å². The number of benzene rings is 2. The Bertz CT molecular complexity index is 812. The minimum absolute atomic E-state index is 0.0972. The van der Waals surface area contributed by atoms with E-state index in [2.05, 4.69) is 0 Å². The molecular formula is C18H22O5S. The molecule has 5 nitrogen and oxygen atoms in total. The van der Waals surface area contributed by atoms with Crippen LogP contribution in [0.15, 0.2) is 41.3 Å². The maximum absolute atomic E-state index is 12.5. The molecule has 0 radical (unpaired) electrons. The fourth-order valence-electron chi connectivity index (χ4n) is 2.14. The molecule has 24 heavy (non-hydrogen) atoms. The van der Waals surface area contributed by atoms with E-state index in [1.165, 1.54) is 6.07 Å². The van der Waals surface area contributed by atoms with Gasteiger partial charge in [-0.3, -0.25) is 0 Å². The molecule has 0 heterocycles. The summed E-state index contributed by atoms with van der Waals surface area (Å²) in [5.74, 6) is 0.964. The van der Waals surface area contributed by atoms with Crippen molar-refractivity contribution >= 4 is 10.1 Å².